The quantitative estimate of drug-likeness (QED) is 0.702. The van der Waals surface area contributed by atoms with Crippen molar-refractivity contribution in [2.75, 3.05) is 19.0 Å². The van der Waals surface area contributed by atoms with Gasteiger partial charge in [-0.05, 0) is 49.2 Å². The van der Waals surface area contributed by atoms with Gasteiger partial charge in [-0.25, -0.2) is 13.6 Å². The van der Waals surface area contributed by atoms with Gasteiger partial charge in [0, 0.05) is 23.9 Å². The number of aromatic nitrogens is 2. The third-order valence-electron chi connectivity index (χ3n) is 4.76. The van der Waals surface area contributed by atoms with Crippen LogP contribution in [0, 0.1) is 11.6 Å². The van der Waals surface area contributed by atoms with E-state index in [9.17, 15) is 13.6 Å². The van der Waals surface area contributed by atoms with E-state index >= 15 is 0 Å². The summed E-state index contributed by atoms with van der Waals surface area (Å²) in [5.74, 6) is -0.543. The van der Waals surface area contributed by atoms with Gasteiger partial charge in [-0.3, -0.25) is 0 Å². The molecule has 0 radical (unpaired) electrons. The van der Waals surface area contributed by atoms with Crippen LogP contribution in [0.1, 0.15) is 24.8 Å². The summed E-state index contributed by atoms with van der Waals surface area (Å²) in [7, 11) is 1.58. The minimum Gasteiger partial charge on any atom is -0.497 e. The van der Waals surface area contributed by atoms with Crippen LogP contribution in [0.15, 0.2) is 47.0 Å². The molecule has 0 saturated carbocycles. The molecule has 2 aromatic carbocycles. The van der Waals surface area contributed by atoms with Crippen molar-refractivity contribution in [2.45, 2.75) is 18.9 Å². The minimum absolute atomic E-state index is 0.170. The summed E-state index contributed by atoms with van der Waals surface area (Å²) in [6, 6.07) is 9.59. The number of amides is 2. The summed E-state index contributed by atoms with van der Waals surface area (Å²) in [5, 5.41) is 6.59. The van der Waals surface area contributed by atoms with Crippen LogP contribution in [-0.4, -0.2) is 34.7 Å². The van der Waals surface area contributed by atoms with Crippen molar-refractivity contribution in [3.63, 3.8) is 0 Å². The third kappa shape index (κ3) is 3.89. The molecule has 0 aliphatic carbocycles. The number of methoxy groups -OCH3 is 1. The lowest BCUT2D eigenvalue weighted by molar-refractivity contribution is 0.193. The van der Waals surface area contributed by atoms with Crippen LogP contribution in [0.4, 0.5) is 19.3 Å². The molecule has 1 atom stereocenters. The number of nitrogens with zero attached hydrogens (tertiary/aromatic N) is 3. The lowest BCUT2D eigenvalue weighted by Crippen LogP contribution is -2.34. The first kappa shape index (κ1) is 18.9. The van der Waals surface area contributed by atoms with Crippen LogP contribution in [0.2, 0.25) is 0 Å². The standard InChI is InChI=1S/C20H18F2N4O3/c1-28-14-7-4-12(5-8-14)18-24-19(29-25-18)17-3-2-10-26(17)20(27)23-13-6-9-15(21)16(22)11-13/h4-9,11,17H,2-3,10H2,1H3,(H,23,27). The highest BCUT2D eigenvalue weighted by Gasteiger charge is 2.34. The molecule has 3 aromatic rings. The second-order valence-corrected chi connectivity index (χ2v) is 6.60. The monoisotopic (exact) mass is 400 g/mol. The molecule has 1 saturated heterocycles. The number of hydrogen-bond acceptors (Lipinski definition) is 5. The first-order valence-electron chi connectivity index (χ1n) is 9.06. The number of nitrogens with one attached hydrogen (secondary N) is 1. The lowest BCUT2D eigenvalue weighted by atomic mass is 10.2. The highest BCUT2D eigenvalue weighted by molar-refractivity contribution is 5.89. The molecule has 0 bridgehead atoms. The number of carbonyl (C=O) groups is 1. The molecule has 1 N–H and O–H groups in total. The van der Waals surface area contributed by atoms with Gasteiger partial charge >= 0.3 is 6.03 Å². The van der Waals surface area contributed by atoms with E-state index in [1.54, 1.807) is 24.1 Å². The molecule has 1 aliphatic heterocycles. The van der Waals surface area contributed by atoms with Crippen LogP contribution in [0.25, 0.3) is 11.4 Å². The van der Waals surface area contributed by atoms with Crippen molar-refractivity contribution in [1.82, 2.24) is 15.0 Å². The molecule has 9 heteroatoms. The van der Waals surface area contributed by atoms with Crippen molar-refractivity contribution in [3.8, 4) is 17.1 Å². The van der Waals surface area contributed by atoms with Crippen molar-refractivity contribution < 1.29 is 22.8 Å². The van der Waals surface area contributed by atoms with E-state index in [1.165, 1.54) is 6.07 Å². The van der Waals surface area contributed by atoms with Crippen molar-refractivity contribution in [3.05, 3.63) is 60.0 Å². The first-order chi connectivity index (χ1) is 14.0. The summed E-state index contributed by atoms with van der Waals surface area (Å²) >= 11 is 0. The molecular weight excluding hydrogens is 382 g/mol. The van der Waals surface area contributed by atoms with Crippen LogP contribution < -0.4 is 10.1 Å². The Balaban J connectivity index is 1.49. The second-order valence-electron chi connectivity index (χ2n) is 6.60. The normalized spacial score (nSPS) is 16.1. The SMILES string of the molecule is COc1ccc(-c2noc(C3CCCN3C(=O)Nc3ccc(F)c(F)c3)n2)cc1. The molecule has 150 valence electrons. The van der Waals surface area contributed by atoms with E-state index in [1.807, 2.05) is 12.1 Å². The molecule has 29 heavy (non-hydrogen) atoms. The minimum atomic E-state index is -1.03. The molecule has 1 unspecified atom stereocenters. The predicted molar refractivity (Wildman–Crippen MR) is 100 cm³/mol. The molecule has 2 heterocycles. The number of carbonyl (C=O) groups excluding carboxylic acids is 1. The largest absolute Gasteiger partial charge is 0.497 e. The Labute approximate surface area is 165 Å². The van der Waals surface area contributed by atoms with E-state index in [4.69, 9.17) is 9.26 Å². The molecule has 1 aliphatic rings. The predicted octanol–water partition coefficient (Wildman–Crippen LogP) is 4.39. The van der Waals surface area contributed by atoms with Gasteiger partial charge in [-0.15, -0.1) is 0 Å². The second kappa shape index (κ2) is 7.86. The van der Waals surface area contributed by atoms with E-state index in [0.717, 1.165) is 24.1 Å². The molecular formula is C20H18F2N4O3. The fraction of sp³-hybridized carbons (Fsp3) is 0.250. The Morgan fingerprint density at radius 2 is 2.00 bits per heavy atom. The molecule has 7 nitrogen and oxygen atoms in total. The van der Waals surface area contributed by atoms with Gasteiger partial charge in [0.05, 0.1) is 7.11 Å². The van der Waals surface area contributed by atoms with Crippen LogP contribution in [-0.2, 0) is 0 Å². The van der Waals surface area contributed by atoms with Crippen molar-refractivity contribution in [2.24, 2.45) is 0 Å². The summed E-state index contributed by atoms with van der Waals surface area (Å²) in [6.07, 6.45) is 1.42. The Morgan fingerprint density at radius 3 is 2.72 bits per heavy atom. The van der Waals surface area contributed by atoms with Gasteiger partial charge in [0.2, 0.25) is 11.7 Å². The number of hydrogen-bond donors (Lipinski definition) is 1. The average Bonchev–Trinajstić information content (AvgIpc) is 3.40. The summed E-state index contributed by atoms with van der Waals surface area (Å²) in [6.45, 7) is 0.487. The highest BCUT2D eigenvalue weighted by Crippen LogP contribution is 2.33. The number of likely N-dealkylation sites (tertiary alicyclic amines) is 1. The average molecular weight is 400 g/mol. The van der Waals surface area contributed by atoms with E-state index in [0.29, 0.717) is 30.4 Å². The Kier molecular flexibility index (Phi) is 5.11. The summed E-state index contributed by atoms with van der Waals surface area (Å²) in [5.41, 5.74) is 0.931. The van der Waals surface area contributed by atoms with Crippen molar-refractivity contribution >= 4 is 11.7 Å². The number of ether oxygens (including phenoxy) is 1. The topological polar surface area (TPSA) is 80.5 Å². The van der Waals surface area contributed by atoms with Gasteiger partial charge in [0.25, 0.3) is 0 Å². The van der Waals surface area contributed by atoms with Gasteiger partial charge in [0.15, 0.2) is 11.6 Å². The van der Waals surface area contributed by atoms with E-state index in [-0.39, 0.29) is 11.7 Å². The Bertz CT molecular complexity index is 1020. The third-order valence-corrected chi connectivity index (χ3v) is 4.76. The fourth-order valence-corrected chi connectivity index (χ4v) is 3.26. The number of rotatable bonds is 4. The maximum Gasteiger partial charge on any atom is 0.322 e. The molecule has 4 rings (SSSR count). The molecule has 0 spiro atoms. The Morgan fingerprint density at radius 1 is 1.21 bits per heavy atom. The Hall–Kier alpha value is -3.49. The van der Waals surface area contributed by atoms with E-state index in [2.05, 4.69) is 15.5 Å². The summed E-state index contributed by atoms with van der Waals surface area (Å²) < 4.78 is 37.0. The van der Waals surface area contributed by atoms with Crippen LogP contribution in [0.5, 0.6) is 5.75 Å². The first-order valence-corrected chi connectivity index (χ1v) is 9.06. The molecule has 1 fully saturated rings. The maximum atomic E-state index is 13.4. The van der Waals surface area contributed by atoms with Gasteiger partial charge < -0.3 is 19.5 Å². The lowest BCUT2D eigenvalue weighted by Gasteiger charge is -2.22. The van der Waals surface area contributed by atoms with Gasteiger partial charge in [-0.2, -0.15) is 4.98 Å². The van der Waals surface area contributed by atoms with Crippen LogP contribution in [0.3, 0.4) is 0 Å². The molecule has 1 aromatic heterocycles. The zero-order valence-electron chi connectivity index (χ0n) is 15.6. The highest BCUT2D eigenvalue weighted by atomic mass is 19.2. The zero-order valence-corrected chi connectivity index (χ0v) is 15.6. The smallest absolute Gasteiger partial charge is 0.322 e. The van der Waals surface area contributed by atoms with E-state index < -0.39 is 17.7 Å². The van der Waals surface area contributed by atoms with Gasteiger partial charge in [0.1, 0.15) is 11.8 Å². The van der Waals surface area contributed by atoms with Crippen LogP contribution >= 0.6 is 0 Å². The fourth-order valence-electron chi connectivity index (χ4n) is 3.26. The molecule has 2 amide bonds. The number of anilines is 1. The van der Waals surface area contributed by atoms with Gasteiger partial charge in [-0.1, -0.05) is 5.16 Å². The number of halogens is 2. The number of urea groups is 1. The maximum absolute atomic E-state index is 13.4. The summed E-state index contributed by atoms with van der Waals surface area (Å²) in [4.78, 5) is 18.6. The zero-order chi connectivity index (χ0) is 20.4. The van der Waals surface area contributed by atoms with Crippen molar-refractivity contribution in [1.29, 1.82) is 0 Å². The number of benzene rings is 2.